The van der Waals surface area contributed by atoms with Crippen molar-refractivity contribution >= 4 is 29.3 Å². The number of azo groups is 1. The fourth-order valence-corrected chi connectivity index (χ4v) is 5.05. The van der Waals surface area contributed by atoms with Gasteiger partial charge in [-0.1, -0.05) is 69.7 Å². The molecular weight excluding hydrogens is 530 g/mol. The predicted molar refractivity (Wildman–Crippen MR) is 164 cm³/mol. The van der Waals surface area contributed by atoms with Gasteiger partial charge in [0.1, 0.15) is 6.04 Å². The standard InChI is InChI=1S/C33H37N5O4/c1-5-6-7-30(40)38(31(21(2)3)33(41)42)19-23-8-10-25(11-9-23)29-18-26(14-17-28(29)32-34-20-35-37-32)24-12-15-27(16-13-24)36-22(4)39/h8-18,21,31H,5-7,19-20H2,1-4H3,(H,36,39)(H,41,42)/t31-/m0/s1. The number of benzene rings is 3. The zero-order valence-electron chi connectivity index (χ0n) is 24.5. The number of aliphatic carboxylic acids is 1. The Kier molecular flexibility index (Phi) is 9.96. The first-order valence-corrected chi connectivity index (χ1v) is 14.2. The van der Waals surface area contributed by atoms with E-state index in [0.29, 0.717) is 18.9 Å². The molecular formula is C33H37N5O4. The van der Waals surface area contributed by atoms with Crippen LogP contribution in [0.1, 0.15) is 58.1 Å². The molecule has 9 nitrogen and oxygen atoms in total. The summed E-state index contributed by atoms with van der Waals surface area (Å²) < 4.78 is 0. The molecule has 9 heteroatoms. The van der Waals surface area contributed by atoms with Crippen molar-refractivity contribution in [1.29, 1.82) is 0 Å². The molecule has 42 heavy (non-hydrogen) atoms. The van der Waals surface area contributed by atoms with E-state index in [4.69, 9.17) is 0 Å². The molecule has 0 saturated carbocycles. The highest BCUT2D eigenvalue weighted by Gasteiger charge is 2.32. The SMILES string of the molecule is CCCCC(=O)N(Cc1ccc(-c2cc(-c3ccc(NC(C)=O)cc3)ccc2C2=NCN=N2)cc1)[C@H](C(=O)O)C(C)C. The number of rotatable bonds is 12. The molecule has 0 spiro atoms. The van der Waals surface area contributed by atoms with Crippen molar-refractivity contribution < 1.29 is 19.5 Å². The molecule has 1 atom stereocenters. The minimum atomic E-state index is -0.996. The van der Waals surface area contributed by atoms with Crippen LogP contribution in [0, 0.1) is 5.92 Å². The average molecular weight is 568 g/mol. The average Bonchev–Trinajstić information content (AvgIpc) is 3.50. The number of amides is 2. The van der Waals surface area contributed by atoms with Crippen molar-refractivity contribution in [3.05, 3.63) is 77.9 Å². The lowest BCUT2D eigenvalue weighted by molar-refractivity contribution is -0.153. The monoisotopic (exact) mass is 567 g/mol. The third kappa shape index (κ3) is 7.34. The fourth-order valence-electron chi connectivity index (χ4n) is 5.05. The summed E-state index contributed by atoms with van der Waals surface area (Å²) in [5.74, 6) is -0.932. The summed E-state index contributed by atoms with van der Waals surface area (Å²) in [6.45, 7) is 7.65. The molecule has 0 bridgehead atoms. The minimum absolute atomic E-state index is 0.125. The van der Waals surface area contributed by atoms with E-state index in [0.717, 1.165) is 51.9 Å². The number of nitrogens with one attached hydrogen (secondary N) is 1. The number of carbonyl (C=O) groups excluding carboxylic acids is 2. The van der Waals surface area contributed by atoms with E-state index in [1.54, 1.807) is 0 Å². The number of carboxylic acid groups (broad SMARTS) is 1. The topological polar surface area (TPSA) is 124 Å². The first kappa shape index (κ1) is 30.3. The van der Waals surface area contributed by atoms with E-state index >= 15 is 0 Å². The van der Waals surface area contributed by atoms with E-state index in [1.807, 2.05) is 81.4 Å². The van der Waals surface area contributed by atoms with Crippen molar-refractivity contribution in [3.8, 4) is 22.3 Å². The van der Waals surface area contributed by atoms with Crippen LogP contribution >= 0.6 is 0 Å². The molecule has 1 aliphatic rings. The molecule has 2 amide bonds. The Hall–Kier alpha value is -4.66. The lowest BCUT2D eigenvalue weighted by Gasteiger charge is -2.32. The van der Waals surface area contributed by atoms with Gasteiger partial charge >= 0.3 is 5.97 Å². The van der Waals surface area contributed by atoms with Crippen LogP contribution in [0.4, 0.5) is 5.69 Å². The van der Waals surface area contributed by atoms with Crippen LogP contribution in [0.25, 0.3) is 22.3 Å². The highest BCUT2D eigenvalue weighted by atomic mass is 16.4. The lowest BCUT2D eigenvalue weighted by atomic mass is 9.93. The third-order valence-electron chi connectivity index (χ3n) is 7.15. The highest BCUT2D eigenvalue weighted by molar-refractivity contribution is 6.06. The number of anilines is 1. The van der Waals surface area contributed by atoms with Crippen LogP contribution in [0.5, 0.6) is 0 Å². The molecule has 0 aliphatic carbocycles. The van der Waals surface area contributed by atoms with E-state index in [9.17, 15) is 19.5 Å². The Morgan fingerprint density at radius 3 is 2.17 bits per heavy atom. The molecule has 0 radical (unpaired) electrons. The first-order valence-electron chi connectivity index (χ1n) is 14.2. The van der Waals surface area contributed by atoms with Crippen molar-refractivity contribution in [2.45, 2.75) is 59.5 Å². The minimum Gasteiger partial charge on any atom is -0.480 e. The summed E-state index contributed by atoms with van der Waals surface area (Å²) in [4.78, 5) is 42.6. The first-order chi connectivity index (χ1) is 20.2. The Labute approximate surface area is 246 Å². The Balaban J connectivity index is 1.67. The maximum atomic E-state index is 13.1. The molecule has 0 fully saturated rings. The van der Waals surface area contributed by atoms with Crippen molar-refractivity contribution in [3.63, 3.8) is 0 Å². The number of amidine groups is 1. The Bertz CT molecular complexity index is 1490. The number of unbranched alkanes of at least 4 members (excludes halogenated alkanes) is 1. The maximum Gasteiger partial charge on any atom is 0.326 e. The Morgan fingerprint density at radius 2 is 1.60 bits per heavy atom. The number of carboxylic acids is 1. The highest BCUT2D eigenvalue weighted by Crippen LogP contribution is 2.32. The molecule has 0 saturated heterocycles. The molecule has 1 aliphatic heterocycles. The van der Waals surface area contributed by atoms with Crippen LogP contribution in [0.2, 0.25) is 0 Å². The second kappa shape index (κ2) is 13.8. The molecule has 0 unspecified atom stereocenters. The number of aliphatic imine (C=N–C) groups is 1. The molecule has 1 heterocycles. The lowest BCUT2D eigenvalue weighted by Crippen LogP contribution is -2.47. The van der Waals surface area contributed by atoms with Crippen LogP contribution in [0.3, 0.4) is 0 Å². The largest absolute Gasteiger partial charge is 0.480 e. The van der Waals surface area contributed by atoms with Gasteiger partial charge < -0.3 is 15.3 Å². The van der Waals surface area contributed by atoms with Gasteiger partial charge in [0.2, 0.25) is 11.8 Å². The second-order valence-electron chi connectivity index (χ2n) is 10.7. The Morgan fingerprint density at radius 1 is 0.929 bits per heavy atom. The maximum absolute atomic E-state index is 13.1. The molecule has 2 N–H and O–H groups in total. The second-order valence-corrected chi connectivity index (χ2v) is 10.7. The number of nitrogens with zero attached hydrogens (tertiary/aromatic N) is 4. The number of carbonyl (C=O) groups is 3. The van der Waals surface area contributed by atoms with Crippen molar-refractivity contribution in [1.82, 2.24) is 4.90 Å². The van der Waals surface area contributed by atoms with Crippen LogP contribution in [-0.4, -0.2) is 46.3 Å². The van der Waals surface area contributed by atoms with Gasteiger partial charge in [-0.15, -0.1) is 5.11 Å². The van der Waals surface area contributed by atoms with Gasteiger partial charge in [-0.25, -0.2) is 9.79 Å². The van der Waals surface area contributed by atoms with Gasteiger partial charge in [0.25, 0.3) is 0 Å². The summed E-state index contributed by atoms with van der Waals surface area (Å²) >= 11 is 0. The van der Waals surface area contributed by atoms with Gasteiger partial charge in [-0.2, -0.15) is 5.11 Å². The van der Waals surface area contributed by atoms with Gasteiger partial charge in [-0.3, -0.25) is 9.59 Å². The molecule has 0 aromatic heterocycles. The summed E-state index contributed by atoms with van der Waals surface area (Å²) in [5, 5.41) is 21.0. The molecule has 3 aromatic carbocycles. The smallest absolute Gasteiger partial charge is 0.326 e. The van der Waals surface area contributed by atoms with E-state index in [-0.39, 0.29) is 24.3 Å². The number of hydrogen-bond acceptors (Lipinski definition) is 6. The molecule has 218 valence electrons. The van der Waals surface area contributed by atoms with Crippen LogP contribution in [0.15, 0.2) is 82.0 Å². The zero-order chi connectivity index (χ0) is 30.2. The number of hydrogen-bond donors (Lipinski definition) is 2. The molecule has 3 aromatic rings. The van der Waals surface area contributed by atoms with Gasteiger partial charge in [0.05, 0.1) is 0 Å². The van der Waals surface area contributed by atoms with E-state index in [2.05, 4.69) is 26.6 Å². The normalized spacial score (nSPS) is 13.1. The molecule has 4 rings (SSSR count). The van der Waals surface area contributed by atoms with E-state index < -0.39 is 12.0 Å². The summed E-state index contributed by atoms with van der Waals surface area (Å²) in [6, 6.07) is 20.6. The van der Waals surface area contributed by atoms with Crippen LogP contribution in [-0.2, 0) is 20.9 Å². The van der Waals surface area contributed by atoms with E-state index in [1.165, 1.54) is 11.8 Å². The fraction of sp³-hybridized carbons (Fsp3) is 0.333. The van der Waals surface area contributed by atoms with Gasteiger partial charge in [0, 0.05) is 31.1 Å². The predicted octanol–water partition coefficient (Wildman–Crippen LogP) is 6.78. The quantitative estimate of drug-likeness (QED) is 0.250. The summed E-state index contributed by atoms with van der Waals surface area (Å²) in [6.07, 6.45) is 1.90. The summed E-state index contributed by atoms with van der Waals surface area (Å²) in [7, 11) is 0. The van der Waals surface area contributed by atoms with Crippen LogP contribution < -0.4 is 5.32 Å². The third-order valence-corrected chi connectivity index (χ3v) is 7.15. The van der Waals surface area contributed by atoms with Gasteiger partial charge in [-0.05, 0) is 64.4 Å². The van der Waals surface area contributed by atoms with Gasteiger partial charge in [0.15, 0.2) is 12.5 Å². The zero-order valence-corrected chi connectivity index (χ0v) is 24.5. The van der Waals surface area contributed by atoms with Crippen molar-refractivity contribution in [2.75, 3.05) is 12.0 Å². The summed E-state index contributed by atoms with van der Waals surface area (Å²) in [5.41, 5.74) is 6.24. The van der Waals surface area contributed by atoms with Crippen molar-refractivity contribution in [2.24, 2.45) is 21.1 Å².